The molecule has 8 heteroatoms. The molecule has 1 atom stereocenters. The zero-order chi connectivity index (χ0) is 21.8. The van der Waals surface area contributed by atoms with Crippen LogP contribution in [-0.4, -0.2) is 46.5 Å². The molecule has 1 aliphatic rings. The molecule has 0 saturated carbocycles. The molecule has 0 spiro atoms. The predicted octanol–water partition coefficient (Wildman–Crippen LogP) is 3.44. The molecule has 1 amide bonds. The average molecular weight is 440 g/mol. The first-order chi connectivity index (χ1) is 15.0. The SMILES string of the molecule is Cc1nn(Cc2ccccc2)c(Cl)c1C(=O)NCc1ccc(N2CCOC(C)C2)nc1. The number of anilines is 1. The third-order valence-corrected chi connectivity index (χ3v) is 5.68. The smallest absolute Gasteiger partial charge is 0.256 e. The van der Waals surface area contributed by atoms with Gasteiger partial charge in [0.25, 0.3) is 5.91 Å². The Morgan fingerprint density at radius 3 is 2.74 bits per heavy atom. The number of carbonyl (C=O) groups excluding carboxylic acids is 1. The van der Waals surface area contributed by atoms with Gasteiger partial charge in [0.05, 0.1) is 30.5 Å². The van der Waals surface area contributed by atoms with Crippen molar-refractivity contribution in [2.45, 2.75) is 33.0 Å². The van der Waals surface area contributed by atoms with Gasteiger partial charge in [-0.2, -0.15) is 5.10 Å². The van der Waals surface area contributed by atoms with Gasteiger partial charge in [-0.1, -0.05) is 48.0 Å². The predicted molar refractivity (Wildman–Crippen MR) is 121 cm³/mol. The minimum absolute atomic E-state index is 0.199. The van der Waals surface area contributed by atoms with E-state index in [1.165, 1.54) is 0 Å². The van der Waals surface area contributed by atoms with Gasteiger partial charge in [-0.15, -0.1) is 0 Å². The number of morpholine rings is 1. The van der Waals surface area contributed by atoms with E-state index in [0.29, 0.717) is 36.1 Å². The van der Waals surface area contributed by atoms with Gasteiger partial charge in [0.15, 0.2) is 0 Å². The van der Waals surface area contributed by atoms with Crippen LogP contribution in [0.4, 0.5) is 5.82 Å². The monoisotopic (exact) mass is 439 g/mol. The third kappa shape index (κ3) is 5.06. The molecule has 1 fully saturated rings. The Balaban J connectivity index is 1.38. The Hall–Kier alpha value is -2.90. The maximum atomic E-state index is 12.8. The van der Waals surface area contributed by atoms with Crippen molar-refractivity contribution >= 4 is 23.3 Å². The number of pyridine rings is 1. The van der Waals surface area contributed by atoms with E-state index in [-0.39, 0.29) is 12.0 Å². The molecule has 0 bridgehead atoms. The highest BCUT2D eigenvalue weighted by Crippen LogP contribution is 2.21. The molecule has 4 rings (SSSR count). The summed E-state index contributed by atoms with van der Waals surface area (Å²) in [5, 5.41) is 7.72. The lowest BCUT2D eigenvalue weighted by Crippen LogP contribution is -2.41. The number of aryl methyl sites for hydroxylation is 1. The molecule has 1 unspecified atom stereocenters. The molecular weight excluding hydrogens is 414 g/mol. The fourth-order valence-electron chi connectivity index (χ4n) is 3.68. The van der Waals surface area contributed by atoms with Crippen LogP contribution in [0.5, 0.6) is 0 Å². The second kappa shape index (κ2) is 9.49. The Labute approximate surface area is 187 Å². The van der Waals surface area contributed by atoms with Crippen molar-refractivity contribution < 1.29 is 9.53 Å². The molecule has 1 N–H and O–H groups in total. The van der Waals surface area contributed by atoms with E-state index in [2.05, 4.69) is 27.2 Å². The minimum Gasteiger partial charge on any atom is -0.375 e. The second-order valence-corrected chi connectivity index (χ2v) is 8.09. The maximum Gasteiger partial charge on any atom is 0.256 e. The van der Waals surface area contributed by atoms with Crippen LogP contribution in [0, 0.1) is 6.92 Å². The number of halogens is 1. The zero-order valence-corrected chi connectivity index (χ0v) is 18.5. The first-order valence-corrected chi connectivity index (χ1v) is 10.8. The summed E-state index contributed by atoms with van der Waals surface area (Å²) in [6, 6.07) is 13.9. The molecule has 162 valence electrons. The summed E-state index contributed by atoms with van der Waals surface area (Å²) in [4.78, 5) is 19.5. The van der Waals surface area contributed by atoms with E-state index in [1.54, 1.807) is 17.8 Å². The lowest BCUT2D eigenvalue weighted by molar-refractivity contribution is 0.0529. The van der Waals surface area contributed by atoms with E-state index >= 15 is 0 Å². The van der Waals surface area contributed by atoms with Crippen LogP contribution in [-0.2, 0) is 17.8 Å². The van der Waals surface area contributed by atoms with Gasteiger partial charge in [0.1, 0.15) is 11.0 Å². The van der Waals surface area contributed by atoms with E-state index < -0.39 is 0 Å². The Morgan fingerprint density at radius 1 is 1.23 bits per heavy atom. The first-order valence-electron chi connectivity index (χ1n) is 10.4. The molecule has 0 aliphatic carbocycles. The first kappa shape index (κ1) is 21.3. The van der Waals surface area contributed by atoms with Crippen LogP contribution < -0.4 is 10.2 Å². The number of ether oxygens (including phenoxy) is 1. The highest BCUT2D eigenvalue weighted by atomic mass is 35.5. The minimum atomic E-state index is -0.243. The van der Waals surface area contributed by atoms with Crippen molar-refractivity contribution in [1.29, 1.82) is 0 Å². The number of amides is 1. The number of aromatic nitrogens is 3. The van der Waals surface area contributed by atoms with Crippen molar-refractivity contribution in [3.63, 3.8) is 0 Å². The topological polar surface area (TPSA) is 72.3 Å². The summed E-state index contributed by atoms with van der Waals surface area (Å²) in [6.07, 6.45) is 1.99. The number of nitrogens with one attached hydrogen (secondary N) is 1. The standard InChI is InChI=1S/C23H26ClN5O2/c1-16-14-28(10-11-31-16)20-9-8-19(12-25-20)13-26-23(30)21-17(2)27-29(22(21)24)15-18-6-4-3-5-7-18/h3-9,12,16H,10-11,13-15H2,1-2H3,(H,26,30). The molecule has 0 radical (unpaired) electrons. The lowest BCUT2D eigenvalue weighted by Gasteiger charge is -2.32. The Bertz CT molecular complexity index is 1040. The molecule has 1 saturated heterocycles. The fourth-order valence-corrected chi connectivity index (χ4v) is 4.00. The van der Waals surface area contributed by atoms with Crippen molar-refractivity contribution in [2.24, 2.45) is 0 Å². The van der Waals surface area contributed by atoms with Gasteiger partial charge in [-0.05, 0) is 31.0 Å². The number of hydrogen-bond donors (Lipinski definition) is 1. The highest BCUT2D eigenvalue weighted by molar-refractivity contribution is 6.33. The highest BCUT2D eigenvalue weighted by Gasteiger charge is 2.21. The Morgan fingerprint density at radius 2 is 2.03 bits per heavy atom. The van der Waals surface area contributed by atoms with Gasteiger partial charge in [-0.25, -0.2) is 9.67 Å². The van der Waals surface area contributed by atoms with Crippen LogP contribution in [0.2, 0.25) is 5.15 Å². The lowest BCUT2D eigenvalue weighted by atomic mass is 10.2. The fraction of sp³-hybridized carbons (Fsp3) is 0.348. The van der Waals surface area contributed by atoms with Gasteiger partial charge in [0, 0.05) is 25.8 Å². The van der Waals surface area contributed by atoms with Gasteiger partial charge in [-0.3, -0.25) is 4.79 Å². The van der Waals surface area contributed by atoms with Crippen molar-refractivity contribution in [3.05, 3.63) is 76.2 Å². The van der Waals surface area contributed by atoms with Crippen molar-refractivity contribution in [3.8, 4) is 0 Å². The summed E-state index contributed by atoms with van der Waals surface area (Å²) in [6.45, 7) is 7.10. The normalized spacial score (nSPS) is 16.4. The number of hydrogen-bond acceptors (Lipinski definition) is 5. The van der Waals surface area contributed by atoms with Crippen LogP contribution >= 0.6 is 11.6 Å². The average Bonchev–Trinajstić information content (AvgIpc) is 3.06. The van der Waals surface area contributed by atoms with Crippen molar-refractivity contribution in [2.75, 3.05) is 24.6 Å². The molecule has 1 aromatic carbocycles. The molecule has 3 aromatic rings. The quantitative estimate of drug-likeness (QED) is 0.637. The molecular formula is C23H26ClN5O2. The largest absolute Gasteiger partial charge is 0.375 e. The Kier molecular flexibility index (Phi) is 6.53. The van der Waals surface area contributed by atoms with Crippen LogP contribution in [0.3, 0.4) is 0 Å². The van der Waals surface area contributed by atoms with E-state index in [4.69, 9.17) is 16.3 Å². The zero-order valence-electron chi connectivity index (χ0n) is 17.7. The summed E-state index contributed by atoms with van der Waals surface area (Å²) in [7, 11) is 0. The maximum absolute atomic E-state index is 12.8. The summed E-state index contributed by atoms with van der Waals surface area (Å²) >= 11 is 6.49. The van der Waals surface area contributed by atoms with Gasteiger partial charge in [0.2, 0.25) is 0 Å². The summed E-state index contributed by atoms with van der Waals surface area (Å²) in [5.41, 5.74) is 3.00. The van der Waals surface area contributed by atoms with E-state index in [1.807, 2.05) is 42.5 Å². The number of carbonyl (C=O) groups is 1. The third-order valence-electron chi connectivity index (χ3n) is 5.29. The number of rotatable bonds is 6. The van der Waals surface area contributed by atoms with Crippen molar-refractivity contribution in [1.82, 2.24) is 20.1 Å². The second-order valence-electron chi connectivity index (χ2n) is 7.73. The van der Waals surface area contributed by atoms with Gasteiger partial charge >= 0.3 is 0 Å². The molecule has 7 nitrogen and oxygen atoms in total. The van der Waals surface area contributed by atoms with Gasteiger partial charge < -0.3 is 15.0 Å². The molecule has 2 aromatic heterocycles. The van der Waals surface area contributed by atoms with E-state index in [9.17, 15) is 4.79 Å². The number of nitrogens with zero attached hydrogens (tertiary/aromatic N) is 4. The molecule has 1 aliphatic heterocycles. The van der Waals surface area contributed by atoms with Crippen LogP contribution in [0.1, 0.15) is 34.1 Å². The molecule has 3 heterocycles. The summed E-state index contributed by atoms with van der Waals surface area (Å²) < 4.78 is 7.23. The summed E-state index contributed by atoms with van der Waals surface area (Å²) in [5.74, 6) is 0.680. The van der Waals surface area contributed by atoms with E-state index in [0.717, 1.165) is 30.0 Å². The van der Waals surface area contributed by atoms with Crippen LogP contribution in [0.15, 0.2) is 48.7 Å². The van der Waals surface area contributed by atoms with Crippen LogP contribution in [0.25, 0.3) is 0 Å². The number of benzene rings is 1. The molecule has 31 heavy (non-hydrogen) atoms.